The molecule has 0 saturated heterocycles. The van der Waals surface area contributed by atoms with Crippen LogP contribution in [-0.4, -0.2) is 65.7 Å². The second kappa shape index (κ2) is 40.6. The summed E-state index contributed by atoms with van der Waals surface area (Å²) in [6, 6.07) is 0. The van der Waals surface area contributed by atoms with Crippen molar-refractivity contribution in [1.29, 1.82) is 0 Å². The van der Waals surface area contributed by atoms with Crippen LogP contribution in [0.4, 0.5) is 0 Å². The first-order valence-corrected chi connectivity index (χ1v) is 22.9. The van der Waals surface area contributed by atoms with Gasteiger partial charge in [0, 0.05) is 12.8 Å². The standard InChI is InChI=1S/C45H77O10P/c1-3-5-7-9-11-13-15-17-19-21-23-25-27-29-31-33-35-37-45(49)55-43(39-47)41-53-56(50,51)52-40-42(38-46)54-44(48)36-34-32-30-28-26-24-22-20-18-16-14-12-10-8-6-4-2/h5,7,11,13-14,16-17,19-20,22-23,25,42-43,46-47H,3-4,6,8-10,12,15,18,21,24,26-41H2,1-2H3,(H,50,51)/b7-5-,13-11-,16-14-,19-17-,22-20-,25-23-. The molecule has 56 heavy (non-hydrogen) atoms. The van der Waals surface area contributed by atoms with Crippen LogP contribution in [0.3, 0.4) is 0 Å². The number of hydrogen-bond donors (Lipinski definition) is 3. The second-order valence-electron chi connectivity index (χ2n) is 13.9. The van der Waals surface area contributed by atoms with Crippen LogP contribution < -0.4 is 0 Å². The third kappa shape index (κ3) is 38.3. The van der Waals surface area contributed by atoms with Crippen molar-refractivity contribution in [3.63, 3.8) is 0 Å². The molecule has 0 amide bonds. The fourth-order valence-electron chi connectivity index (χ4n) is 5.37. The Morgan fingerprint density at radius 1 is 0.500 bits per heavy atom. The van der Waals surface area contributed by atoms with E-state index >= 15 is 0 Å². The first kappa shape index (κ1) is 53.4. The summed E-state index contributed by atoms with van der Waals surface area (Å²) in [5.74, 6) is -1.06. The molecule has 0 aliphatic rings. The van der Waals surface area contributed by atoms with Crippen LogP contribution in [0.5, 0.6) is 0 Å². The van der Waals surface area contributed by atoms with Crippen molar-refractivity contribution in [3.05, 3.63) is 72.9 Å². The molecule has 0 heterocycles. The Kier molecular flexibility index (Phi) is 38.7. The van der Waals surface area contributed by atoms with E-state index < -0.39 is 58.4 Å². The fourth-order valence-corrected chi connectivity index (χ4v) is 6.15. The van der Waals surface area contributed by atoms with E-state index in [9.17, 15) is 29.3 Å². The van der Waals surface area contributed by atoms with Gasteiger partial charge in [-0.25, -0.2) is 4.57 Å². The summed E-state index contributed by atoms with van der Waals surface area (Å²) in [4.78, 5) is 34.5. The molecule has 10 nitrogen and oxygen atoms in total. The van der Waals surface area contributed by atoms with Gasteiger partial charge in [-0.15, -0.1) is 0 Å². The average molecular weight is 809 g/mol. The maximum atomic E-state index is 12.4. The van der Waals surface area contributed by atoms with Crippen molar-refractivity contribution in [2.75, 3.05) is 26.4 Å². The van der Waals surface area contributed by atoms with Crippen molar-refractivity contribution < 1.29 is 47.8 Å². The molecule has 0 aromatic carbocycles. The zero-order valence-electron chi connectivity index (χ0n) is 34.8. The van der Waals surface area contributed by atoms with E-state index in [0.29, 0.717) is 12.8 Å². The van der Waals surface area contributed by atoms with Gasteiger partial charge in [-0.1, -0.05) is 138 Å². The smallest absolute Gasteiger partial charge is 0.457 e. The maximum absolute atomic E-state index is 12.4. The van der Waals surface area contributed by atoms with Crippen molar-refractivity contribution in [2.45, 2.75) is 174 Å². The minimum absolute atomic E-state index is 0.159. The third-order valence-corrected chi connectivity index (χ3v) is 9.60. The van der Waals surface area contributed by atoms with Crippen LogP contribution in [0.15, 0.2) is 72.9 Å². The highest BCUT2D eigenvalue weighted by Gasteiger charge is 2.27. The quantitative estimate of drug-likeness (QED) is 0.0237. The molecular formula is C45H77O10P. The van der Waals surface area contributed by atoms with Crippen molar-refractivity contribution >= 4 is 19.8 Å². The summed E-state index contributed by atoms with van der Waals surface area (Å²) >= 11 is 0. The minimum atomic E-state index is -4.65. The number of aliphatic hydroxyl groups excluding tert-OH is 2. The Hall–Kier alpha value is -2.59. The number of rotatable bonds is 39. The van der Waals surface area contributed by atoms with Crippen LogP contribution in [0.2, 0.25) is 0 Å². The van der Waals surface area contributed by atoms with Gasteiger partial charge in [-0.05, 0) is 83.5 Å². The van der Waals surface area contributed by atoms with Crippen LogP contribution in [0.1, 0.15) is 162 Å². The van der Waals surface area contributed by atoms with E-state index in [1.165, 1.54) is 32.1 Å². The van der Waals surface area contributed by atoms with Crippen molar-refractivity contribution in [3.8, 4) is 0 Å². The normalized spacial score (nSPS) is 14.6. The number of carbonyl (C=O) groups is 2. The summed E-state index contributed by atoms with van der Waals surface area (Å²) < 4.78 is 32.5. The number of ether oxygens (including phenoxy) is 2. The van der Waals surface area contributed by atoms with Gasteiger partial charge in [0.15, 0.2) is 0 Å². The lowest BCUT2D eigenvalue weighted by atomic mass is 10.1. The zero-order chi connectivity index (χ0) is 41.2. The van der Waals surface area contributed by atoms with E-state index in [1.54, 1.807) is 0 Å². The summed E-state index contributed by atoms with van der Waals surface area (Å²) in [7, 11) is -4.65. The van der Waals surface area contributed by atoms with Gasteiger partial charge < -0.3 is 24.6 Å². The Morgan fingerprint density at radius 2 is 0.839 bits per heavy atom. The summed E-state index contributed by atoms with van der Waals surface area (Å²) in [6.07, 6.45) is 45.8. The van der Waals surface area contributed by atoms with Crippen molar-refractivity contribution in [1.82, 2.24) is 0 Å². The number of unbranched alkanes of at least 4 members (excludes halogenated alkanes) is 13. The number of hydrogen-bond acceptors (Lipinski definition) is 9. The van der Waals surface area contributed by atoms with E-state index in [-0.39, 0.29) is 12.8 Å². The van der Waals surface area contributed by atoms with Gasteiger partial charge >= 0.3 is 19.8 Å². The number of phosphoric acid groups is 1. The first-order valence-electron chi connectivity index (χ1n) is 21.4. The van der Waals surface area contributed by atoms with Crippen LogP contribution in [-0.2, 0) is 32.7 Å². The molecule has 322 valence electrons. The van der Waals surface area contributed by atoms with Crippen LogP contribution in [0, 0.1) is 0 Å². The molecule has 0 spiro atoms. The fraction of sp³-hybridized carbons (Fsp3) is 0.689. The first-order chi connectivity index (χ1) is 27.3. The molecule has 0 aromatic rings. The lowest BCUT2D eigenvalue weighted by molar-refractivity contribution is -0.153. The molecule has 3 N–H and O–H groups in total. The highest BCUT2D eigenvalue weighted by atomic mass is 31.2. The Balaban J connectivity index is 4.01. The molecule has 11 heteroatoms. The molecule has 0 saturated carbocycles. The van der Waals surface area contributed by atoms with Gasteiger partial charge in [-0.3, -0.25) is 18.6 Å². The van der Waals surface area contributed by atoms with Crippen LogP contribution >= 0.6 is 7.82 Å². The molecule has 3 unspecified atom stereocenters. The third-order valence-electron chi connectivity index (χ3n) is 8.65. The highest BCUT2D eigenvalue weighted by molar-refractivity contribution is 7.47. The van der Waals surface area contributed by atoms with Gasteiger partial charge in [0.25, 0.3) is 0 Å². The Morgan fingerprint density at radius 3 is 1.21 bits per heavy atom. The highest BCUT2D eigenvalue weighted by Crippen LogP contribution is 2.43. The largest absolute Gasteiger partial charge is 0.472 e. The van der Waals surface area contributed by atoms with Crippen molar-refractivity contribution in [2.24, 2.45) is 0 Å². The maximum Gasteiger partial charge on any atom is 0.472 e. The minimum Gasteiger partial charge on any atom is -0.457 e. The summed E-state index contributed by atoms with van der Waals surface area (Å²) in [5.41, 5.74) is 0. The second-order valence-corrected chi connectivity index (χ2v) is 15.4. The van der Waals surface area contributed by atoms with E-state index in [4.69, 9.17) is 18.5 Å². The summed E-state index contributed by atoms with van der Waals surface area (Å²) in [5, 5.41) is 19.2. The average Bonchev–Trinajstić information content (AvgIpc) is 3.19. The Bertz CT molecular complexity index is 1160. The number of allylic oxidation sites excluding steroid dienone is 12. The zero-order valence-corrected chi connectivity index (χ0v) is 35.7. The van der Waals surface area contributed by atoms with Crippen LogP contribution in [0.25, 0.3) is 0 Å². The number of aliphatic hydroxyl groups is 2. The topological polar surface area (TPSA) is 149 Å². The van der Waals surface area contributed by atoms with Gasteiger partial charge in [0.05, 0.1) is 26.4 Å². The lowest BCUT2D eigenvalue weighted by Crippen LogP contribution is -2.28. The van der Waals surface area contributed by atoms with Gasteiger partial charge in [0.1, 0.15) is 12.2 Å². The van der Waals surface area contributed by atoms with E-state index in [2.05, 4.69) is 86.8 Å². The van der Waals surface area contributed by atoms with E-state index in [1.807, 2.05) is 0 Å². The predicted molar refractivity (Wildman–Crippen MR) is 228 cm³/mol. The molecule has 0 rings (SSSR count). The number of carbonyl (C=O) groups excluding carboxylic acids is 2. The summed E-state index contributed by atoms with van der Waals surface area (Å²) in [6.45, 7) is 2.02. The molecular weight excluding hydrogens is 731 g/mol. The number of phosphoric ester groups is 1. The molecule has 3 atom stereocenters. The molecule has 0 radical (unpaired) electrons. The Labute approximate surface area is 339 Å². The van der Waals surface area contributed by atoms with Gasteiger partial charge in [-0.2, -0.15) is 0 Å². The van der Waals surface area contributed by atoms with Gasteiger partial charge in [0.2, 0.25) is 0 Å². The molecule has 0 bridgehead atoms. The number of esters is 2. The molecule has 0 aromatic heterocycles. The van der Waals surface area contributed by atoms with E-state index in [0.717, 1.165) is 89.9 Å². The SMILES string of the molecule is CC/C=C\C/C=C\C/C=C\C/C=C\CCCCCCC(=O)OC(CO)COP(=O)(O)OCC(CO)OC(=O)CCCCCCC/C=C\C/C=C\CCCCCC. The molecule has 0 aliphatic heterocycles. The predicted octanol–water partition coefficient (Wildman–Crippen LogP) is 11.3. The lowest BCUT2D eigenvalue weighted by Gasteiger charge is -2.20. The molecule has 0 fully saturated rings. The molecule has 0 aliphatic carbocycles. The monoisotopic (exact) mass is 809 g/mol.